The molecule has 0 unspecified atom stereocenters. The molecule has 0 aromatic heterocycles. The second-order valence-corrected chi connectivity index (χ2v) is 7.15. The summed E-state index contributed by atoms with van der Waals surface area (Å²) < 4.78 is 0.705. The predicted molar refractivity (Wildman–Crippen MR) is 92.9 cm³/mol. The third-order valence-electron chi connectivity index (χ3n) is 4.54. The van der Waals surface area contributed by atoms with Gasteiger partial charge in [0, 0.05) is 30.5 Å². The molecular formula is C17H18BrN3O4. The number of imide groups is 1. The van der Waals surface area contributed by atoms with Gasteiger partial charge >= 0.3 is 0 Å². The third-order valence-corrected chi connectivity index (χ3v) is 5.03. The minimum atomic E-state index is -0.456. The van der Waals surface area contributed by atoms with Crippen molar-refractivity contribution in [3.63, 3.8) is 0 Å². The summed E-state index contributed by atoms with van der Waals surface area (Å²) in [6.07, 6.45) is 1.33. The molecule has 0 bridgehead atoms. The molecule has 0 radical (unpaired) electrons. The molecule has 0 atom stereocenters. The summed E-state index contributed by atoms with van der Waals surface area (Å²) >= 11 is 3.27. The van der Waals surface area contributed by atoms with Crippen LogP contribution in [0.25, 0.3) is 0 Å². The standard InChI is InChI=1S/C17H18BrN3O4/c1-10(22)20-6-4-12(5-7-20)19-15(23)9-21-16(24)13-3-2-11(18)8-14(13)17(21)25/h2-3,8,12H,4-7,9H2,1H3,(H,19,23). The fourth-order valence-electron chi connectivity index (χ4n) is 3.16. The van der Waals surface area contributed by atoms with Crippen LogP contribution in [-0.4, -0.2) is 59.1 Å². The molecule has 2 heterocycles. The molecule has 1 aromatic carbocycles. The molecule has 4 amide bonds. The number of rotatable bonds is 3. The lowest BCUT2D eigenvalue weighted by Gasteiger charge is -2.31. The monoisotopic (exact) mass is 407 g/mol. The highest BCUT2D eigenvalue weighted by Gasteiger charge is 2.37. The highest BCUT2D eigenvalue weighted by atomic mass is 79.9. The topological polar surface area (TPSA) is 86.8 Å². The Morgan fingerprint density at radius 1 is 1.16 bits per heavy atom. The number of likely N-dealkylation sites (tertiary alicyclic amines) is 1. The first-order valence-electron chi connectivity index (χ1n) is 8.07. The van der Waals surface area contributed by atoms with Crippen LogP contribution in [0.3, 0.4) is 0 Å². The number of hydrogen-bond donors (Lipinski definition) is 1. The van der Waals surface area contributed by atoms with Gasteiger partial charge in [-0.25, -0.2) is 0 Å². The molecule has 8 heteroatoms. The van der Waals surface area contributed by atoms with Crippen LogP contribution in [0.5, 0.6) is 0 Å². The lowest BCUT2D eigenvalue weighted by molar-refractivity contribution is -0.130. The number of nitrogens with zero attached hydrogens (tertiary/aromatic N) is 2. The number of halogens is 1. The van der Waals surface area contributed by atoms with Crippen LogP contribution in [0.2, 0.25) is 0 Å². The Balaban J connectivity index is 1.58. The van der Waals surface area contributed by atoms with E-state index in [0.29, 0.717) is 41.5 Å². The zero-order chi connectivity index (χ0) is 18.1. The van der Waals surface area contributed by atoms with Gasteiger partial charge in [-0.1, -0.05) is 15.9 Å². The molecule has 0 saturated carbocycles. The van der Waals surface area contributed by atoms with Crippen molar-refractivity contribution in [2.24, 2.45) is 0 Å². The summed E-state index contributed by atoms with van der Waals surface area (Å²) in [4.78, 5) is 51.0. The van der Waals surface area contributed by atoms with Crippen molar-refractivity contribution >= 4 is 39.6 Å². The van der Waals surface area contributed by atoms with Crippen molar-refractivity contribution in [3.8, 4) is 0 Å². The number of fused-ring (bicyclic) bond motifs is 1. The van der Waals surface area contributed by atoms with Gasteiger partial charge in [0.15, 0.2) is 0 Å². The van der Waals surface area contributed by atoms with Crippen molar-refractivity contribution in [2.45, 2.75) is 25.8 Å². The maximum Gasteiger partial charge on any atom is 0.262 e. The first kappa shape index (κ1) is 17.6. The number of carbonyl (C=O) groups excluding carboxylic acids is 4. The van der Waals surface area contributed by atoms with Gasteiger partial charge in [-0.3, -0.25) is 24.1 Å². The molecule has 7 nitrogen and oxygen atoms in total. The third kappa shape index (κ3) is 3.58. The Hall–Kier alpha value is -2.22. The van der Waals surface area contributed by atoms with E-state index >= 15 is 0 Å². The zero-order valence-electron chi connectivity index (χ0n) is 13.8. The van der Waals surface area contributed by atoms with E-state index in [4.69, 9.17) is 0 Å². The first-order chi connectivity index (χ1) is 11.9. The van der Waals surface area contributed by atoms with Crippen molar-refractivity contribution in [2.75, 3.05) is 19.6 Å². The summed E-state index contributed by atoms with van der Waals surface area (Å²) in [7, 11) is 0. The van der Waals surface area contributed by atoms with E-state index < -0.39 is 11.8 Å². The van der Waals surface area contributed by atoms with E-state index in [0.717, 1.165) is 4.90 Å². The highest BCUT2D eigenvalue weighted by molar-refractivity contribution is 9.10. The number of piperidine rings is 1. The molecule has 2 aliphatic heterocycles. The normalized spacial score (nSPS) is 17.7. The van der Waals surface area contributed by atoms with E-state index in [1.807, 2.05) is 0 Å². The van der Waals surface area contributed by atoms with Crippen molar-refractivity contribution in [1.82, 2.24) is 15.1 Å². The number of amides is 4. The van der Waals surface area contributed by atoms with E-state index in [2.05, 4.69) is 21.2 Å². The molecule has 1 fully saturated rings. The van der Waals surface area contributed by atoms with Gasteiger partial charge in [-0.05, 0) is 31.0 Å². The highest BCUT2D eigenvalue weighted by Crippen LogP contribution is 2.25. The average Bonchev–Trinajstić information content (AvgIpc) is 2.80. The quantitative estimate of drug-likeness (QED) is 0.761. The fraction of sp³-hybridized carbons (Fsp3) is 0.412. The first-order valence-corrected chi connectivity index (χ1v) is 8.86. The molecule has 132 valence electrons. The van der Waals surface area contributed by atoms with Crippen LogP contribution in [0.4, 0.5) is 0 Å². The van der Waals surface area contributed by atoms with Crippen LogP contribution in [0.15, 0.2) is 22.7 Å². The smallest absolute Gasteiger partial charge is 0.262 e. The van der Waals surface area contributed by atoms with Gasteiger partial charge in [0.1, 0.15) is 6.54 Å². The Bertz CT molecular complexity index is 756. The minimum Gasteiger partial charge on any atom is -0.352 e. The lowest BCUT2D eigenvalue weighted by atomic mass is 10.1. The van der Waals surface area contributed by atoms with Crippen molar-refractivity contribution in [3.05, 3.63) is 33.8 Å². The second kappa shape index (κ2) is 6.95. The van der Waals surface area contributed by atoms with E-state index in [1.165, 1.54) is 6.92 Å². The van der Waals surface area contributed by atoms with Crippen LogP contribution in [0, 0.1) is 0 Å². The summed E-state index contributed by atoms with van der Waals surface area (Å²) in [5.74, 6) is -1.24. The summed E-state index contributed by atoms with van der Waals surface area (Å²) in [5, 5.41) is 2.85. The van der Waals surface area contributed by atoms with Gasteiger partial charge < -0.3 is 10.2 Å². The summed E-state index contributed by atoms with van der Waals surface area (Å²) in [6.45, 7) is 2.43. The maximum atomic E-state index is 12.4. The van der Waals surface area contributed by atoms with Crippen LogP contribution in [0.1, 0.15) is 40.5 Å². The number of carbonyl (C=O) groups is 4. The lowest BCUT2D eigenvalue weighted by Crippen LogP contribution is -2.49. The van der Waals surface area contributed by atoms with E-state index in [-0.39, 0.29) is 24.4 Å². The van der Waals surface area contributed by atoms with Crippen LogP contribution >= 0.6 is 15.9 Å². The number of hydrogen-bond acceptors (Lipinski definition) is 4. The molecule has 3 rings (SSSR count). The van der Waals surface area contributed by atoms with Gasteiger partial charge in [-0.2, -0.15) is 0 Å². The zero-order valence-corrected chi connectivity index (χ0v) is 15.3. The minimum absolute atomic E-state index is 0.0296. The Morgan fingerprint density at radius 3 is 2.44 bits per heavy atom. The Kier molecular flexibility index (Phi) is 4.89. The van der Waals surface area contributed by atoms with E-state index in [1.54, 1.807) is 23.1 Å². The second-order valence-electron chi connectivity index (χ2n) is 6.23. The maximum absolute atomic E-state index is 12.4. The van der Waals surface area contributed by atoms with Crippen LogP contribution < -0.4 is 5.32 Å². The average molecular weight is 408 g/mol. The molecule has 0 aliphatic carbocycles. The SMILES string of the molecule is CC(=O)N1CCC(NC(=O)CN2C(=O)c3ccc(Br)cc3C2=O)CC1. The van der Waals surface area contributed by atoms with Gasteiger partial charge in [0.25, 0.3) is 11.8 Å². The Labute approximate surface area is 153 Å². The van der Waals surface area contributed by atoms with Crippen LogP contribution in [-0.2, 0) is 9.59 Å². The summed E-state index contributed by atoms with van der Waals surface area (Å²) in [5.41, 5.74) is 0.623. The molecular weight excluding hydrogens is 390 g/mol. The predicted octanol–water partition coefficient (Wildman–Crippen LogP) is 1.17. The largest absolute Gasteiger partial charge is 0.352 e. The number of nitrogens with one attached hydrogen (secondary N) is 1. The fourth-order valence-corrected chi connectivity index (χ4v) is 3.52. The molecule has 1 N–H and O–H groups in total. The van der Waals surface area contributed by atoms with Gasteiger partial charge in [0.05, 0.1) is 11.1 Å². The Morgan fingerprint density at radius 2 is 1.80 bits per heavy atom. The summed E-state index contributed by atoms with van der Waals surface area (Å²) in [6, 6.07) is 4.81. The number of benzene rings is 1. The molecule has 0 spiro atoms. The van der Waals surface area contributed by atoms with Gasteiger partial charge in [0.2, 0.25) is 11.8 Å². The molecule has 1 aromatic rings. The van der Waals surface area contributed by atoms with Crippen molar-refractivity contribution < 1.29 is 19.2 Å². The van der Waals surface area contributed by atoms with Crippen molar-refractivity contribution in [1.29, 1.82) is 0 Å². The van der Waals surface area contributed by atoms with E-state index in [9.17, 15) is 19.2 Å². The molecule has 1 saturated heterocycles. The molecule has 25 heavy (non-hydrogen) atoms. The molecule has 2 aliphatic rings. The van der Waals surface area contributed by atoms with Gasteiger partial charge in [-0.15, -0.1) is 0 Å².